The van der Waals surface area contributed by atoms with Crippen molar-refractivity contribution in [3.8, 4) is 0 Å². The maximum atomic E-state index is 14.1. The minimum atomic E-state index is -3.77. The molecule has 7 atom stereocenters. The highest BCUT2D eigenvalue weighted by atomic mass is 32.2. The first-order valence-electron chi connectivity index (χ1n) is 16.6. The van der Waals surface area contributed by atoms with Gasteiger partial charge in [-0.05, 0) is 102 Å². The number of benzene rings is 1. The van der Waals surface area contributed by atoms with Crippen molar-refractivity contribution in [2.75, 3.05) is 6.54 Å². The Morgan fingerprint density at radius 1 is 0.857 bits per heavy atom. The van der Waals surface area contributed by atoms with E-state index >= 15 is 0 Å². The van der Waals surface area contributed by atoms with Crippen LogP contribution in [0.15, 0.2) is 33.7 Å². The van der Waals surface area contributed by atoms with E-state index in [0.29, 0.717) is 36.1 Å². The Morgan fingerprint density at radius 2 is 1.64 bits per heavy atom. The number of fused-ring (bicyclic) bond motifs is 5. The van der Waals surface area contributed by atoms with E-state index in [1.165, 1.54) is 57.8 Å². The van der Waals surface area contributed by atoms with Crippen LogP contribution in [-0.2, 0) is 10.0 Å². The molecule has 0 N–H and O–H groups in total. The fourth-order valence-corrected chi connectivity index (χ4v) is 12.0. The highest BCUT2D eigenvalue weighted by Crippen LogP contribution is 2.49. The maximum absolute atomic E-state index is 14.1. The Balaban J connectivity index is 1.15. The summed E-state index contributed by atoms with van der Waals surface area (Å²) in [6, 6.07) is 10.5. The topological polar surface area (TPSA) is 84.5 Å². The van der Waals surface area contributed by atoms with Crippen LogP contribution in [0.5, 0.6) is 0 Å². The lowest BCUT2D eigenvalue weighted by molar-refractivity contribution is -0.0613. The Labute approximate surface area is 249 Å². The minimum Gasteiger partial charge on any atom is -0.360 e. The predicted molar refractivity (Wildman–Crippen MR) is 162 cm³/mol. The lowest BCUT2D eigenvalue weighted by atomic mass is 9.67. The highest BCUT2D eigenvalue weighted by Gasteiger charge is 2.48. The Hall–Kier alpha value is -2.23. The minimum absolute atomic E-state index is 0.220. The summed E-state index contributed by atoms with van der Waals surface area (Å²) in [6.07, 6.45) is 16.4. The number of aromatic nitrogens is 3. The van der Waals surface area contributed by atoms with Gasteiger partial charge in [-0.1, -0.05) is 36.6 Å². The van der Waals surface area contributed by atoms with Crippen LogP contribution in [0, 0.1) is 25.7 Å². The van der Waals surface area contributed by atoms with E-state index < -0.39 is 10.0 Å². The molecule has 5 heterocycles. The van der Waals surface area contributed by atoms with Crippen LogP contribution in [0.3, 0.4) is 0 Å². The number of piperidine rings is 2. The van der Waals surface area contributed by atoms with E-state index in [4.69, 9.17) is 9.51 Å². The molecule has 3 unspecified atom stereocenters. The summed E-state index contributed by atoms with van der Waals surface area (Å²) in [7, 11) is -3.77. The lowest BCUT2D eigenvalue weighted by Crippen LogP contribution is -2.59. The fraction of sp³-hybridized carbons (Fsp3) is 0.697. The third kappa shape index (κ3) is 4.32. The molecule has 5 fully saturated rings. The van der Waals surface area contributed by atoms with Crippen molar-refractivity contribution in [3.63, 3.8) is 0 Å². The molecule has 9 heteroatoms. The summed E-state index contributed by atoms with van der Waals surface area (Å²) < 4.78 is 37.6. The Bertz CT molecular complexity index is 1550. The van der Waals surface area contributed by atoms with Gasteiger partial charge in [0.15, 0.2) is 5.76 Å². The van der Waals surface area contributed by atoms with Crippen LogP contribution in [0.4, 0.5) is 0 Å². The maximum Gasteiger partial charge on any atom is 0.249 e. The van der Waals surface area contributed by atoms with E-state index in [0.717, 1.165) is 60.4 Å². The molecule has 42 heavy (non-hydrogen) atoms. The number of aryl methyl sites for hydroxylation is 2. The van der Waals surface area contributed by atoms with E-state index in [1.54, 1.807) is 18.2 Å². The van der Waals surface area contributed by atoms with Gasteiger partial charge in [-0.25, -0.2) is 13.4 Å². The van der Waals surface area contributed by atoms with Crippen LogP contribution >= 0.6 is 0 Å². The monoisotopic (exact) mass is 591 g/mol. The first-order chi connectivity index (χ1) is 20.4. The molecule has 5 aliphatic rings. The fourth-order valence-electron chi connectivity index (χ4n) is 10.0. The van der Waals surface area contributed by atoms with Gasteiger partial charge in [-0.3, -0.25) is 4.90 Å². The zero-order valence-electron chi connectivity index (χ0n) is 25.1. The summed E-state index contributed by atoms with van der Waals surface area (Å²) in [6.45, 7) is 3.91. The molecule has 8 nitrogen and oxygen atoms in total. The number of sulfonamides is 1. The lowest BCUT2D eigenvalue weighted by Gasteiger charge is -2.56. The Kier molecular flexibility index (Phi) is 6.80. The normalized spacial score (nSPS) is 34.3. The van der Waals surface area contributed by atoms with Crippen molar-refractivity contribution in [2.45, 2.75) is 132 Å². The van der Waals surface area contributed by atoms with Gasteiger partial charge in [0.1, 0.15) is 16.4 Å². The first kappa shape index (κ1) is 27.3. The molecule has 3 aromatic rings. The van der Waals surface area contributed by atoms with Crippen LogP contribution in [0.2, 0.25) is 0 Å². The number of para-hydroxylation sites is 2. The molecule has 1 aromatic carbocycles. The van der Waals surface area contributed by atoms with Crippen LogP contribution in [0.25, 0.3) is 11.0 Å². The summed E-state index contributed by atoms with van der Waals surface area (Å²) in [5.74, 6) is 3.16. The van der Waals surface area contributed by atoms with Gasteiger partial charge in [0, 0.05) is 30.7 Å². The number of rotatable bonds is 5. The van der Waals surface area contributed by atoms with Crippen molar-refractivity contribution in [3.05, 3.63) is 41.5 Å². The van der Waals surface area contributed by atoms with Crippen LogP contribution in [-0.4, -0.2) is 57.0 Å². The summed E-state index contributed by atoms with van der Waals surface area (Å²) in [5.41, 5.74) is 2.56. The van der Waals surface area contributed by atoms with Gasteiger partial charge in [-0.2, -0.15) is 4.31 Å². The van der Waals surface area contributed by atoms with Gasteiger partial charge in [0.25, 0.3) is 0 Å². The Morgan fingerprint density at radius 3 is 2.43 bits per heavy atom. The molecule has 0 amide bonds. The first-order valence-corrected chi connectivity index (χ1v) is 18.0. The van der Waals surface area contributed by atoms with Crippen molar-refractivity contribution in [2.24, 2.45) is 11.8 Å². The number of nitrogens with zero attached hydrogens (tertiary/aromatic N) is 5. The molecule has 2 aromatic heterocycles. The van der Waals surface area contributed by atoms with E-state index in [2.05, 4.69) is 32.8 Å². The summed E-state index contributed by atoms with van der Waals surface area (Å²) in [5, 5.41) is 3.97. The third-order valence-corrected chi connectivity index (χ3v) is 13.8. The molecule has 2 aliphatic carbocycles. The van der Waals surface area contributed by atoms with Crippen molar-refractivity contribution in [1.82, 2.24) is 23.9 Å². The van der Waals surface area contributed by atoms with Crippen molar-refractivity contribution < 1.29 is 12.9 Å². The van der Waals surface area contributed by atoms with E-state index in [-0.39, 0.29) is 10.9 Å². The van der Waals surface area contributed by atoms with Gasteiger partial charge in [-0.15, -0.1) is 0 Å². The zero-order valence-corrected chi connectivity index (χ0v) is 25.9. The SMILES string of the molecule is Cc1noc(C)c1S(=O)(=O)N1CCC[C@@H]1c1nc2ccccc2n1C1C[C@H]2CCC[C@@H](C1)N2C1CCC2CCC[C@@H]1C2. The number of hydrogen-bond acceptors (Lipinski definition) is 6. The second-order valence-electron chi connectivity index (χ2n) is 14.0. The molecule has 4 bridgehead atoms. The van der Waals surface area contributed by atoms with Gasteiger partial charge in [0.05, 0.1) is 17.1 Å². The van der Waals surface area contributed by atoms with E-state index in [9.17, 15) is 8.42 Å². The molecular weight excluding hydrogens is 546 g/mol. The quantitative estimate of drug-likeness (QED) is 0.329. The van der Waals surface area contributed by atoms with Crippen LogP contribution < -0.4 is 0 Å². The van der Waals surface area contributed by atoms with Gasteiger partial charge >= 0.3 is 0 Å². The standard InChI is InChI=1S/C33H45N5O3S/c1-21-32(22(2)41-35-21)42(39,40)36-17-7-14-31(36)33-34-28-12-3-4-13-30(28)38(33)27-19-25-10-6-11-26(20-27)37(25)29-16-15-23-8-5-9-24(29)18-23/h3-4,12-13,23-27,29,31H,5-11,14-20H2,1-2H3/t23?,24-,25-,26+,27?,29?,31-/m1/s1. The smallest absolute Gasteiger partial charge is 0.249 e. The molecular formula is C33H45N5O3S. The highest BCUT2D eigenvalue weighted by molar-refractivity contribution is 7.89. The van der Waals surface area contributed by atoms with Gasteiger partial charge < -0.3 is 9.09 Å². The molecule has 3 aliphatic heterocycles. The van der Waals surface area contributed by atoms with E-state index in [1.807, 2.05) is 6.07 Å². The zero-order chi connectivity index (χ0) is 28.6. The third-order valence-electron chi connectivity index (χ3n) is 11.7. The summed E-state index contributed by atoms with van der Waals surface area (Å²) >= 11 is 0. The second-order valence-corrected chi connectivity index (χ2v) is 15.8. The second kappa shape index (κ2) is 10.4. The molecule has 0 radical (unpaired) electrons. The van der Waals surface area contributed by atoms with Crippen molar-refractivity contribution >= 4 is 21.1 Å². The molecule has 2 saturated carbocycles. The van der Waals surface area contributed by atoms with Crippen LogP contribution in [0.1, 0.15) is 113 Å². The molecule has 3 saturated heterocycles. The molecule has 8 rings (SSSR count). The number of imidazole rings is 1. The average Bonchev–Trinajstić information content (AvgIpc) is 3.70. The van der Waals surface area contributed by atoms with Gasteiger partial charge in [0.2, 0.25) is 10.0 Å². The van der Waals surface area contributed by atoms with Crippen molar-refractivity contribution in [1.29, 1.82) is 0 Å². The average molecular weight is 592 g/mol. The molecule has 0 spiro atoms. The summed E-state index contributed by atoms with van der Waals surface area (Å²) in [4.78, 5) is 8.45. The number of hydrogen-bond donors (Lipinski definition) is 0. The molecule has 226 valence electrons. The predicted octanol–water partition coefficient (Wildman–Crippen LogP) is 6.69. The largest absolute Gasteiger partial charge is 0.360 e.